The van der Waals surface area contributed by atoms with Crippen molar-refractivity contribution in [2.24, 2.45) is 5.92 Å². The summed E-state index contributed by atoms with van der Waals surface area (Å²) in [5, 5.41) is 10.0. The molecule has 0 aromatic heterocycles. The average molecular weight is 271 g/mol. The molecule has 2 heteroatoms. The molecule has 1 aromatic carbocycles. The minimum Gasteiger partial charge on any atom is -0.388 e. The maximum absolute atomic E-state index is 10.0. The standard InChI is InChI=1S/C13H19BrO/c1-3-5-10(2)8-13(15)11-6-4-7-12(14)9-11/h4,6-7,9-10,13,15H,3,5,8H2,1-2H3. The smallest absolute Gasteiger partial charge is 0.0793 e. The number of benzene rings is 1. The van der Waals surface area contributed by atoms with Crippen molar-refractivity contribution in [2.45, 2.75) is 39.2 Å². The monoisotopic (exact) mass is 270 g/mol. The van der Waals surface area contributed by atoms with E-state index in [4.69, 9.17) is 0 Å². The Morgan fingerprint density at radius 3 is 2.73 bits per heavy atom. The van der Waals surface area contributed by atoms with E-state index in [1.807, 2.05) is 24.3 Å². The van der Waals surface area contributed by atoms with E-state index in [0.717, 1.165) is 16.5 Å². The Morgan fingerprint density at radius 1 is 1.40 bits per heavy atom. The first-order chi connectivity index (χ1) is 7.13. The van der Waals surface area contributed by atoms with Gasteiger partial charge in [0, 0.05) is 4.47 Å². The maximum Gasteiger partial charge on any atom is 0.0793 e. The Labute approximate surface area is 101 Å². The Morgan fingerprint density at radius 2 is 2.13 bits per heavy atom. The number of hydrogen-bond acceptors (Lipinski definition) is 1. The van der Waals surface area contributed by atoms with Crippen LogP contribution in [0.3, 0.4) is 0 Å². The second kappa shape index (κ2) is 6.29. The van der Waals surface area contributed by atoms with Crippen LogP contribution in [-0.4, -0.2) is 5.11 Å². The van der Waals surface area contributed by atoms with E-state index in [-0.39, 0.29) is 6.10 Å². The summed E-state index contributed by atoms with van der Waals surface area (Å²) in [7, 11) is 0. The lowest BCUT2D eigenvalue weighted by Gasteiger charge is -2.16. The van der Waals surface area contributed by atoms with Crippen LogP contribution in [0.4, 0.5) is 0 Å². The van der Waals surface area contributed by atoms with Crippen molar-refractivity contribution in [2.75, 3.05) is 0 Å². The Hall–Kier alpha value is -0.340. The molecular formula is C13H19BrO. The zero-order valence-electron chi connectivity index (χ0n) is 9.41. The summed E-state index contributed by atoms with van der Waals surface area (Å²) in [5.41, 5.74) is 1.01. The lowest BCUT2D eigenvalue weighted by Crippen LogP contribution is -2.04. The van der Waals surface area contributed by atoms with Gasteiger partial charge in [-0.25, -0.2) is 0 Å². The molecule has 0 bridgehead atoms. The minimum absolute atomic E-state index is 0.330. The zero-order chi connectivity index (χ0) is 11.3. The highest BCUT2D eigenvalue weighted by molar-refractivity contribution is 9.10. The van der Waals surface area contributed by atoms with E-state index in [1.165, 1.54) is 12.8 Å². The first kappa shape index (κ1) is 12.7. The predicted molar refractivity (Wildman–Crippen MR) is 67.8 cm³/mol. The normalized spacial score (nSPS) is 14.9. The van der Waals surface area contributed by atoms with E-state index in [9.17, 15) is 5.11 Å². The molecule has 0 spiro atoms. The van der Waals surface area contributed by atoms with Gasteiger partial charge in [-0.15, -0.1) is 0 Å². The molecular weight excluding hydrogens is 252 g/mol. The van der Waals surface area contributed by atoms with Gasteiger partial charge in [-0.3, -0.25) is 0 Å². The van der Waals surface area contributed by atoms with Gasteiger partial charge in [0.05, 0.1) is 6.10 Å². The second-order valence-corrected chi connectivity index (χ2v) is 5.12. The van der Waals surface area contributed by atoms with E-state index in [0.29, 0.717) is 5.92 Å². The highest BCUT2D eigenvalue weighted by Crippen LogP contribution is 2.25. The van der Waals surface area contributed by atoms with Crippen LogP contribution in [0.15, 0.2) is 28.7 Å². The van der Waals surface area contributed by atoms with Crippen LogP contribution in [0.1, 0.15) is 44.8 Å². The van der Waals surface area contributed by atoms with Crippen LogP contribution >= 0.6 is 15.9 Å². The highest BCUT2D eigenvalue weighted by atomic mass is 79.9. The molecule has 1 rings (SSSR count). The molecule has 0 aliphatic heterocycles. The first-order valence-corrected chi connectivity index (χ1v) is 6.36. The minimum atomic E-state index is -0.330. The van der Waals surface area contributed by atoms with Crippen molar-refractivity contribution in [1.29, 1.82) is 0 Å². The first-order valence-electron chi connectivity index (χ1n) is 5.57. The summed E-state index contributed by atoms with van der Waals surface area (Å²) in [6, 6.07) is 7.91. The van der Waals surface area contributed by atoms with Gasteiger partial charge in [-0.05, 0) is 30.0 Å². The van der Waals surface area contributed by atoms with E-state index < -0.39 is 0 Å². The predicted octanol–water partition coefficient (Wildman–Crippen LogP) is 4.31. The van der Waals surface area contributed by atoms with Gasteiger partial charge in [0.25, 0.3) is 0 Å². The van der Waals surface area contributed by atoms with E-state index in [1.54, 1.807) is 0 Å². The summed E-state index contributed by atoms with van der Waals surface area (Å²) in [4.78, 5) is 0. The van der Waals surface area contributed by atoms with Crippen LogP contribution in [0.25, 0.3) is 0 Å². The molecule has 2 atom stereocenters. The van der Waals surface area contributed by atoms with Crippen LogP contribution in [0, 0.1) is 5.92 Å². The molecule has 1 nitrogen and oxygen atoms in total. The number of rotatable bonds is 5. The van der Waals surface area contributed by atoms with Gasteiger partial charge < -0.3 is 5.11 Å². The van der Waals surface area contributed by atoms with Crippen LogP contribution in [-0.2, 0) is 0 Å². The summed E-state index contributed by atoms with van der Waals surface area (Å²) in [6.07, 6.45) is 2.89. The Kier molecular flexibility index (Phi) is 5.34. The van der Waals surface area contributed by atoms with Gasteiger partial charge in [-0.1, -0.05) is 54.8 Å². The van der Waals surface area contributed by atoms with Crippen molar-refractivity contribution in [3.05, 3.63) is 34.3 Å². The van der Waals surface area contributed by atoms with Crippen molar-refractivity contribution < 1.29 is 5.11 Å². The van der Waals surface area contributed by atoms with Gasteiger partial charge in [-0.2, -0.15) is 0 Å². The largest absolute Gasteiger partial charge is 0.388 e. The number of aliphatic hydroxyl groups is 1. The molecule has 0 aliphatic carbocycles. The molecule has 0 aliphatic rings. The van der Waals surface area contributed by atoms with Gasteiger partial charge in [0.1, 0.15) is 0 Å². The van der Waals surface area contributed by atoms with Gasteiger partial charge in [0.15, 0.2) is 0 Å². The zero-order valence-corrected chi connectivity index (χ0v) is 11.0. The molecule has 0 fully saturated rings. The fourth-order valence-electron chi connectivity index (χ4n) is 1.84. The number of aliphatic hydroxyl groups excluding tert-OH is 1. The van der Waals surface area contributed by atoms with E-state index in [2.05, 4.69) is 29.8 Å². The average Bonchev–Trinajstić information content (AvgIpc) is 2.18. The molecule has 1 aromatic rings. The van der Waals surface area contributed by atoms with Crippen molar-refractivity contribution in [1.82, 2.24) is 0 Å². The molecule has 0 saturated carbocycles. The van der Waals surface area contributed by atoms with Crippen LogP contribution < -0.4 is 0 Å². The van der Waals surface area contributed by atoms with Crippen molar-refractivity contribution in [3.63, 3.8) is 0 Å². The fraction of sp³-hybridized carbons (Fsp3) is 0.538. The molecule has 0 amide bonds. The summed E-state index contributed by atoms with van der Waals surface area (Å²) >= 11 is 3.42. The molecule has 1 N–H and O–H groups in total. The quantitative estimate of drug-likeness (QED) is 0.846. The fourth-order valence-corrected chi connectivity index (χ4v) is 2.26. The summed E-state index contributed by atoms with van der Waals surface area (Å²) in [5.74, 6) is 0.587. The molecule has 0 radical (unpaired) electrons. The van der Waals surface area contributed by atoms with Crippen LogP contribution in [0.2, 0.25) is 0 Å². The third-order valence-corrected chi connectivity index (χ3v) is 3.13. The van der Waals surface area contributed by atoms with Crippen LogP contribution in [0.5, 0.6) is 0 Å². The van der Waals surface area contributed by atoms with E-state index >= 15 is 0 Å². The highest BCUT2D eigenvalue weighted by Gasteiger charge is 2.11. The lowest BCUT2D eigenvalue weighted by atomic mass is 9.95. The van der Waals surface area contributed by atoms with Crippen molar-refractivity contribution >= 4 is 15.9 Å². The van der Waals surface area contributed by atoms with Crippen molar-refractivity contribution in [3.8, 4) is 0 Å². The molecule has 0 heterocycles. The molecule has 2 unspecified atom stereocenters. The Balaban J connectivity index is 2.56. The lowest BCUT2D eigenvalue weighted by molar-refractivity contribution is 0.145. The number of halogens is 1. The summed E-state index contributed by atoms with van der Waals surface area (Å²) < 4.78 is 1.03. The second-order valence-electron chi connectivity index (χ2n) is 4.20. The molecule has 84 valence electrons. The third-order valence-electron chi connectivity index (χ3n) is 2.64. The van der Waals surface area contributed by atoms with Gasteiger partial charge >= 0.3 is 0 Å². The molecule has 15 heavy (non-hydrogen) atoms. The topological polar surface area (TPSA) is 20.2 Å². The summed E-state index contributed by atoms with van der Waals surface area (Å²) in [6.45, 7) is 4.38. The molecule has 0 saturated heterocycles. The third kappa shape index (κ3) is 4.35. The number of hydrogen-bond donors (Lipinski definition) is 1. The maximum atomic E-state index is 10.0. The van der Waals surface area contributed by atoms with Gasteiger partial charge in [0.2, 0.25) is 0 Å². The SMILES string of the molecule is CCCC(C)CC(O)c1cccc(Br)c1. The Bertz CT molecular complexity index is 298.